The average Bonchev–Trinajstić information content (AvgIpc) is 3.45. The zero-order chi connectivity index (χ0) is 32.8. The molecule has 0 atom stereocenters. The highest BCUT2D eigenvalue weighted by molar-refractivity contribution is 7.15. The van der Waals surface area contributed by atoms with Crippen LogP contribution in [0.2, 0.25) is 0 Å². The van der Waals surface area contributed by atoms with E-state index in [0.717, 1.165) is 60.3 Å². The molecule has 12 heteroatoms. The van der Waals surface area contributed by atoms with E-state index < -0.39 is 24.3 Å². The second kappa shape index (κ2) is 14.3. The van der Waals surface area contributed by atoms with Gasteiger partial charge in [0.2, 0.25) is 0 Å². The topological polar surface area (TPSA) is 92.2 Å². The number of hydrogen-bond acceptors (Lipinski definition) is 8. The predicted molar refractivity (Wildman–Crippen MR) is 170 cm³/mol. The lowest BCUT2D eigenvalue weighted by Crippen LogP contribution is -2.46. The molecule has 0 unspecified atom stereocenters. The van der Waals surface area contributed by atoms with E-state index in [1.807, 2.05) is 24.3 Å². The molecule has 0 aliphatic carbocycles. The van der Waals surface area contributed by atoms with Gasteiger partial charge in [-0.05, 0) is 73.5 Å². The number of aromatic nitrogens is 1. The van der Waals surface area contributed by atoms with Crippen LogP contribution in [0.5, 0.6) is 11.5 Å². The minimum absolute atomic E-state index is 0.0866. The molecule has 0 saturated carbocycles. The maximum Gasteiger partial charge on any atom is 0.416 e. The quantitative estimate of drug-likeness (QED) is 0.168. The number of piperazine rings is 1. The average molecular weight is 654 g/mol. The molecular formula is C34H34F3N3O5S. The lowest BCUT2D eigenvalue weighted by atomic mass is 10.0. The second-order valence-corrected chi connectivity index (χ2v) is 12.1. The molecule has 5 rings (SSSR count). The van der Waals surface area contributed by atoms with Gasteiger partial charge in [-0.1, -0.05) is 12.1 Å². The molecule has 242 valence electrons. The Morgan fingerprint density at radius 1 is 0.978 bits per heavy atom. The molecule has 4 aromatic rings. The van der Waals surface area contributed by atoms with Crippen molar-refractivity contribution in [2.24, 2.45) is 0 Å². The first kappa shape index (κ1) is 33.0. The molecule has 1 aliphatic heterocycles. The van der Waals surface area contributed by atoms with Crippen LogP contribution >= 0.6 is 11.3 Å². The van der Waals surface area contributed by atoms with Crippen molar-refractivity contribution in [3.63, 3.8) is 0 Å². The number of ether oxygens (including phenoxy) is 2. The van der Waals surface area contributed by atoms with E-state index in [9.17, 15) is 22.8 Å². The number of carboxylic acids is 1. The van der Waals surface area contributed by atoms with Crippen LogP contribution in [0.3, 0.4) is 0 Å². The van der Waals surface area contributed by atoms with Gasteiger partial charge >= 0.3 is 12.1 Å². The first-order valence-corrected chi connectivity index (χ1v) is 15.6. The minimum Gasteiger partial charge on any atom is -0.497 e. The normalized spacial score (nSPS) is 13.9. The first-order chi connectivity index (χ1) is 22.0. The van der Waals surface area contributed by atoms with Gasteiger partial charge in [0.15, 0.2) is 12.4 Å². The zero-order valence-electron chi connectivity index (χ0n) is 25.5. The molecule has 0 radical (unpaired) electrons. The van der Waals surface area contributed by atoms with Gasteiger partial charge in [0.05, 0.1) is 18.4 Å². The fourth-order valence-corrected chi connectivity index (χ4v) is 6.37. The number of nitrogens with zero attached hydrogens (tertiary/aromatic N) is 3. The monoisotopic (exact) mass is 653 g/mol. The SMILES string of the molecule is COc1ccc(N2CCN(Cc3nc(-c4ccc(C(F)(F)F)cc4)sc3CCC(=O)c3ccc(OCC(=O)O)c(C)c3)CC2)cc1. The van der Waals surface area contributed by atoms with Crippen LogP contribution in [0.15, 0.2) is 66.7 Å². The van der Waals surface area contributed by atoms with Gasteiger partial charge < -0.3 is 19.5 Å². The number of carbonyl (C=O) groups excluding carboxylic acids is 1. The third kappa shape index (κ3) is 8.24. The zero-order valence-corrected chi connectivity index (χ0v) is 26.3. The molecule has 2 heterocycles. The lowest BCUT2D eigenvalue weighted by Gasteiger charge is -2.36. The third-order valence-electron chi connectivity index (χ3n) is 7.85. The summed E-state index contributed by atoms with van der Waals surface area (Å²) in [6, 6.07) is 17.9. The van der Waals surface area contributed by atoms with Crippen molar-refractivity contribution in [3.05, 3.63) is 94.0 Å². The highest BCUT2D eigenvalue weighted by Crippen LogP contribution is 2.34. The molecule has 0 bridgehead atoms. The van der Waals surface area contributed by atoms with Crippen molar-refractivity contribution in [2.75, 3.05) is 44.8 Å². The summed E-state index contributed by atoms with van der Waals surface area (Å²) in [5, 5.41) is 9.48. The Labute approximate surface area is 269 Å². The number of thiazole rings is 1. The number of methoxy groups -OCH3 is 1. The number of aryl methyl sites for hydroxylation is 2. The van der Waals surface area contributed by atoms with Gasteiger partial charge in [0.25, 0.3) is 0 Å². The summed E-state index contributed by atoms with van der Waals surface area (Å²) in [6.45, 7) is 5.08. The smallest absolute Gasteiger partial charge is 0.416 e. The van der Waals surface area contributed by atoms with E-state index in [1.54, 1.807) is 32.2 Å². The summed E-state index contributed by atoms with van der Waals surface area (Å²) >= 11 is 1.40. The lowest BCUT2D eigenvalue weighted by molar-refractivity contribution is -0.139. The fourth-order valence-electron chi connectivity index (χ4n) is 5.29. The Morgan fingerprint density at radius 3 is 2.28 bits per heavy atom. The molecule has 3 aromatic carbocycles. The highest BCUT2D eigenvalue weighted by Gasteiger charge is 2.30. The molecule has 0 spiro atoms. The van der Waals surface area contributed by atoms with Gasteiger partial charge in [-0.15, -0.1) is 11.3 Å². The number of halogens is 3. The summed E-state index contributed by atoms with van der Waals surface area (Å²) in [7, 11) is 1.64. The Hall–Kier alpha value is -4.42. The van der Waals surface area contributed by atoms with Gasteiger partial charge in [0.1, 0.15) is 16.5 Å². The van der Waals surface area contributed by atoms with E-state index in [0.29, 0.717) is 40.4 Å². The van der Waals surface area contributed by atoms with Crippen LogP contribution in [-0.4, -0.2) is 66.6 Å². The summed E-state index contributed by atoms with van der Waals surface area (Å²) in [4.78, 5) is 34.4. The number of hydrogen-bond donors (Lipinski definition) is 1. The van der Waals surface area contributed by atoms with Crippen molar-refractivity contribution in [3.8, 4) is 22.1 Å². The standard InChI is InChI=1S/C34H34F3N3O5S/c1-22-19-24(5-13-30(22)45-21-32(42)43)29(41)12-14-31-28(38-33(46-31)23-3-6-25(7-4-23)34(35,36)37)20-39-15-17-40(18-16-39)26-8-10-27(44-2)11-9-26/h3-11,13,19H,12,14-18,20-21H2,1-2H3,(H,42,43). The summed E-state index contributed by atoms with van der Waals surface area (Å²) < 4.78 is 50.0. The molecule has 1 N–H and O–H groups in total. The van der Waals surface area contributed by atoms with Gasteiger partial charge in [-0.25, -0.2) is 9.78 Å². The number of benzene rings is 3. The van der Waals surface area contributed by atoms with Crippen LogP contribution in [0.25, 0.3) is 10.6 Å². The summed E-state index contributed by atoms with van der Waals surface area (Å²) in [6.07, 6.45) is -3.79. The van der Waals surface area contributed by atoms with Crippen LogP contribution in [-0.2, 0) is 23.9 Å². The molecule has 1 aliphatic rings. The van der Waals surface area contributed by atoms with Gasteiger partial charge in [-0.3, -0.25) is 9.69 Å². The maximum absolute atomic E-state index is 13.2. The highest BCUT2D eigenvalue weighted by atomic mass is 32.1. The molecule has 1 saturated heterocycles. The van der Waals surface area contributed by atoms with Crippen LogP contribution in [0.1, 0.15) is 38.5 Å². The Bertz CT molecular complexity index is 1670. The van der Waals surface area contributed by atoms with Crippen LogP contribution in [0, 0.1) is 6.92 Å². The van der Waals surface area contributed by atoms with Crippen LogP contribution < -0.4 is 14.4 Å². The largest absolute Gasteiger partial charge is 0.497 e. The summed E-state index contributed by atoms with van der Waals surface area (Å²) in [5.41, 5.74) is 2.96. The molecule has 46 heavy (non-hydrogen) atoms. The summed E-state index contributed by atoms with van der Waals surface area (Å²) in [5.74, 6) is 0.0285. The van der Waals surface area contributed by atoms with E-state index >= 15 is 0 Å². The first-order valence-electron chi connectivity index (χ1n) is 14.8. The van der Waals surface area contributed by atoms with Crippen LogP contribution in [0.4, 0.5) is 18.9 Å². The second-order valence-electron chi connectivity index (χ2n) is 11.0. The number of Topliss-reactive ketones (excluding diaryl/α,β-unsaturated/α-hetero) is 1. The van der Waals surface area contributed by atoms with Crippen molar-refractivity contribution in [1.29, 1.82) is 0 Å². The van der Waals surface area contributed by atoms with Crippen molar-refractivity contribution in [2.45, 2.75) is 32.5 Å². The maximum atomic E-state index is 13.2. The van der Waals surface area contributed by atoms with Gasteiger partial charge in [-0.2, -0.15) is 13.2 Å². The van der Waals surface area contributed by atoms with Crippen molar-refractivity contribution >= 4 is 28.8 Å². The number of aliphatic carboxylic acids is 1. The third-order valence-corrected chi connectivity index (χ3v) is 9.05. The number of carbonyl (C=O) groups is 2. The van der Waals surface area contributed by atoms with Crippen molar-refractivity contribution in [1.82, 2.24) is 9.88 Å². The predicted octanol–water partition coefficient (Wildman–Crippen LogP) is 6.75. The van der Waals surface area contributed by atoms with E-state index in [-0.39, 0.29) is 12.2 Å². The molecule has 8 nitrogen and oxygen atoms in total. The number of ketones is 1. The van der Waals surface area contributed by atoms with Crippen molar-refractivity contribution < 1.29 is 37.3 Å². The molecule has 0 amide bonds. The minimum atomic E-state index is -4.43. The fraction of sp³-hybridized carbons (Fsp3) is 0.324. The number of rotatable bonds is 12. The molecule has 1 fully saturated rings. The van der Waals surface area contributed by atoms with E-state index in [1.165, 1.54) is 23.5 Å². The number of anilines is 1. The Kier molecular flexibility index (Phi) is 10.3. The number of carboxylic acid groups (broad SMARTS) is 1. The Balaban J connectivity index is 1.30. The van der Waals surface area contributed by atoms with Gasteiger partial charge in [0, 0.05) is 60.8 Å². The number of alkyl halides is 3. The Morgan fingerprint density at radius 2 is 1.67 bits per heavy atom. The molecular weight excluding hydrogens is 619 g/mol. The van der Waals surface area contributed by atoms with E-state index in [2.05, 4.69) is 9.80 Å². The van der Waals surface area contributed by atoms with E-state index in [4.69, 9.17) is 19.6 Å². The molecule has 1 aromatic heterocycles.